The van der Waals surface area contributed by atoms with E-state index in [1.165, 1.54) is 17.8 Å². The third kappa shape index (κ3) is 2.84. The Hall–Kier alpha value is -3.21. The van der Waals surface area contributed by atoms with Crippen molar-refractivity contribution in [1.29, 1.82) is 0 Å². The van der Waals surface area contributed by atoms with Gasteiger partial charge in [-0.1, -0.05) is 36.4 Å². The van der Waals surface area contributed by atoms with Gasteiger partial charge in [-0.25, -0.2) is 14.4 Å². The van der Waals surface area contributed by atoms with Crippen LogP contribution in [0.3, 0.4) is 0 Å². The van der Waals surface area contributed by atoms with Crippen LogP contribution in [0.15, 0.2) is 67.0 Å². The molecule has 118 valence electrons. The van der Waals surface area contributed by atoms with Crippen LogP contribution in [0.1, 0.15) is 5.56 Å². The van der Waals surface area contributed by atoms with E-state index in [-0.39, 0.29) is 5.82 Å². The molecular formula is C19H15FN4. The number of hydrogen-bond acceptors (Lipinski definition) is 3. The SMILES string of the molecule is Fc1cnc2[nH]cc(-c3cccc(NCc4ccccc4)n3)c2c1. The van der Waals surface area contributed by atoms with E-state index in [0.717, 1.165) is 22.5 Å². The van der Waals surface area contributed by atoms with Crippen LogP contribution < -0.4 is 5.32 Å². The van der Waals surface area contributed by atoms with Crippen molar-refractivity contribution in [2.24, 2.45) is 0 Å². The molecule has 0 aliphatic rings. The van der Waals surface area contributed by atoms with Crippen molar-refractivity contribution in [2.75, 3.05) is 5.32 Å². The summed E-state index contributed by atoms with van der Waals surface area (Å²) in [5, 5.41) is 4.04. The Morgan fingerprint density at radius 2 is 1.92 bits per heavy atom. The number of benzene rings is 1. The number of rotatable bonds is 4. The van der Waals surface area contributed by atoms with Gasteiger partial charge in [0.05, 0.1) is 11.9 Å². The molecule has 0 saturated heterocycles. The number of fused-ring (bicyclic) bond motifs is 1. The molecule has 0 spiro atoms. The minimum Gasteiger partial charge on any atom is -0.366 e. The maximum atomic E-state index is 13.5. The van der Waals surface area contributed by atoms with E-state index in [4.69, 9.17) is 0 Å². The molecule has 0 saturated carbocycles. The van der Waals surface area contributed by atoms with E-state index < -0.39 is 0 Å². The van der Waals surface area contributed by atoms with Gasteiger partial charge in [0.2, 0.25) is 0 Å². The van der Waals surface area contributed by atoms with Gasteiger partial charge in [-0.2, -0.15) is 0 Å². The fraction of sp³-hybridized carbons (Fsp3) is 0.0526. The molecule has 24 heavy (non-hydrogen) atoms. The Kier molecular flexibility index (Phi) is 3.67. The van der Waals surface area contributed by atoms with Gasteiger partial charge in [0.15, 0.2) is 0 Å². The summed E-state index contributed by atoms with van der Waals surface area (Å²) in [5.41, 5.74) is 3.44. The molecule has 0 aliphatic heterocycles. The summed E-state index contributed by atoms with van der Waals surface area (Å²) in [6.07, 6.45) is 3.01. The standard InChI is InChI=1S/C19H15FN4/c20-14-9-15-16(12-23-19(15)22-11-14)17-7-4-8-18(24-17)21-10-13-5-2-1-3-6-13/h1-9,11-12H,10H2,(H,21,24)(H,22,23). The third-order valence-corrected chi connectivity index (χ3v) is 3.84. The van der Waals surface area contributed by atoms with E-state index in [1.54, 1.807) is 6.20 Å². The van der Waals surface area contributed by atoms with Crippen molar-refractivity contribution < 1.29 is 4.39 Å². The number of nitrogens with zero attached hydrogens (tertiary/aromatic N) is 2. The van der Waals surface area contributed by atoms with Crippen LogP contribution in [0.2, 0.25) is 0 Å². The summed E-state index contributed by atoms with van der Waals surface area (Å²) in [6, 6.07) is 17.4. The van der Waals surface area contributed by atoms with Crippen LogP contribution in [0.25, 0.3) is 22.3 Å². The number of hydrogen-bond donors (Lipinski definition) is 2. The van der Waals surface area contributed by atoms with Crippen LogP contribution >= 0.6 is 0 Å². The smallest absolute Gasteiger partial charge is 0.142 e. The van der Waals surface area contributed by atoms with E-state index in [0.29, 0.717) is 12.2 Å². The third-order valence-electron chi connectivity index (χ3n) is 3.84. The number of halogens is 1. The van der Waals surface area contributed by atoms with E-state index >= 15 is 0 Å². The Bertz CT molecular complexity index is 979. The molecule has 0 fully saturated rings. The summed E-state index contributed by atoms with van der Waals surface area (Å²) in [7, 11) is 0. The quantitative estimate of drug-likeness (QED) is 0.587. The van der Waals surface area contributed by atoms with E-state index in [9.17, 15) is 4.39 Å². The first-order chi connectivity index (χ1) is 11.8. The Balaban J connectivity index is 1.63. The normalized spacial score (nSPS) is 10.9. The molecule has 0 bridgehead atoms. The maximum Gasteiger partial charge on any atom is 0.142 e. The summed E-state index contributed by atoms with van der Waals surface area (Å²) in [4.78, 5) is 11.7. The number of aromatic nitrogens is 3. The molecule has 4 rings (SSSR count). The minimum absolute atomic E-state index is 0.360. The summed E-state index contributed by atoms with van der Waals surface area (Å²) < 4.78 is 13.5. The Morgan fingerprint density at radius 3 is 2.79 bits per heavy atom. The predicted molar refractivity (Wildman–Crippen MR) is 93.1 cm³/mol. The average molecular weight is 318 g/mol. The highest BCUT2D eigenvalue weighted by Gasteiger charge is 2.10. The molecule has 4 aromatic rings. The van der Waals surface area contributed by atoms with Crippen LogP contribution in [0, 0.1) is 5.82 Å². The van der Waals surface area contributed by atoms with Crippen LogP contribution in [-0.2, 0) is 6.54 Å². The fourth-order valence-electron chi connectivity index (χ4n) is 2.66. The highest BCUT2D eigenvalue weighted by Crippen LogP contribution is 2.27. The number of pyridine rings is 2. The largest absolute Gasteiger partial charge is 0.366 e. The molecule has 1 aromatic carbocycles. The molecule has 0 atom stereocenters. The van der Waals surface area contributed by atoms with Gasteiger partial charge in [-0.3, -0.25) is 0 Å². The zero-order valence-corrected chi connectivity index (χ0v) is 12.8. The second-order valence-corrected chi connectivity index (χ2v) is 5.50. The monoisotopic (exact) mass is 318 g/mol. The fourth-order valence-corrected chi connectivity index (χ4v) is 2.66. The molecule has 0 amide bonds. The number of nitrogens with one attached hydrogen (secondary N) is 2. The lowest BCUT2D eigenvalue weighted by atomic mass is 10.1. The van der Waals surface area contributed by atoms with Gasteiger partial charge in [-0.15, -0.1) is 0 Å². The molecular weight excluding hydrogens is 303 g/mol. The van der Waals surface area contributed by atoms with Gasteiger partial charge in [-0.05, 0) is 23.8 Å². The van der Waals surface area contributed by atoms with Gasteiger partial charge >= 0.3 is 0 Å². The first-order valence-corrected chi connectivity index (χ1v) is 7.67. The Labute approximate surface area is 138 Å². The molecule has 2 N–H and O–H groups in total. The van der Waals surface area contributed by atoms with Crippen LogP contribution in [-0.4, -0.2) is 15.0 Å². The number of anilines is 1. The molecule has 5 heteroatoms. The molecule has 3 aromatic heterocycles. The molecule has 0 radical (unpaired) electrons. The second-order valence-electron chi connectivity index (χ2n) is 5.50. The first kappa shape index (κ1) is 14.4. The summed E-state index contributed by atoms with van der Waals surface area (Å²) in [5.74, 6) is 0.414. The highest BCUT2D eigenvalue weighted by atomic mass is 19.1. The van der Waals surface area contributed by atoms with Gasteiger partial charge in [0, 0.05) is 23.7 Å². The number of aromatic amines is 1. The summed E-state index contributed by atoms with van der Waals surface area (Å²) >= 11 is 0. The second kappa shape index (κ2) is 6.12. The van der Waals surface area contributed by atoms with E-state index in [1.807, 2.05) is 36.4 Å². The van der Waals surface area contributed by atoms with E-state index in [2.05, 4.69) is 32.4 Å². The molecule has 0 unspecified atom stereocenters. The lowest BCUT2D eigenvalue weighted by molar-refractivity contribution is 0.624. The minimum atomic E-state index is -0.360. The van der Waals surface area contributed by atoms with Crippen molar-refractivity contribution in [3.63, 3.8) is 0 Å². The lowest BCUT2D eigenvalue weighted by Crippen LogP contribution is -2.01. The molecule has 4 nitrogen and oxygen atoms in total. The van der Waals surface area contributed by atoms with Gasteiger partial charge in [0.1, 0.15) is 17.3 Å². The van der Waals surface area contributed by atoms with Crippen molar-refractivity contribution in [3.05, 3.63) is 78.4 Å². The van der Waals surface area contributed by atoms with Crippen LogP contribution in [0.5, 0.6) is 0 Å². The number of H-pyrrole nitrogens is 1. The Morgan fingerprint density at radius 1 is 1.04 bits per heavy atom. The topological polar surface area (TPSA) is 53.6 Å². The van der Waals surface area contributed by atoms with Gasteiger partial charge in [0.25, 0.3) is 0 Å². The molecule has 3 heterocycles. The van der Waals surface area contributed by atoms with Crippen molar-refractivity contribution in [2.45, 2.75) is 6.54 Å². The lowest BCUT2D eigenvalue weighted by Gasteiger charge is -2.07. The zero-order valence-electron chi connectivity index (χ0n) is 12.8. The van der Waals surface area contributed by atoms with Crippen molar-refractivity contribution in [3.8, 4) is 11.3 Å². The predicted octanol–water partition coefficient (Wildman–Crippen LogP) is 4.38. The van der Waals surface area contributed by atoms with Crippen molar-refractivity contribution in [1.82, 2.24) is 15.0 Å². The maximum absolute atomic E-state index is 13.5. The highest BCUT2D eigenvalue weighted by molar-refractivity contribution is 5.92. The molecule has 0 aliphatic carbocycles. The zero-order chi connectivity index (χ0) is 16.4. The van der Waals surface area contributed by atoms with Crippen molar-refractivity contribution >= 4 is 16.9 Å². The van der Waals surface area contributed by atoms with Crippen LogP contribution in [0.4, 0.5) is 10.2 Å². The average Bonchev–Trinajstić information content (AvgIpc) is 3.04. The summed E-state index contributed by atoms with van der Waals surface area (Å²) in [6.45, 7) is 0.696. The van der Waals surface area contributed by atoms with Gasteiger partial charge < -0.3 is 10.3 Å². The first-order valence-electron chi connectivity index (χ1n) is 7.67.